The summed E-state index contributed by atoms with van der Waals surface area (Å²) in [6.07, 6.45) is 1.75. The molecule has 0 amide bonds. The van der Waals surface area contributed by atoms with Gasteiger partial charge in [0.1, 0.15) is 18.1 Å². The molecule has 9 heteroatoms. The lowest BCUT2D eigenvalue weighted by Gasteiger charge is -2.27. The number of aryl methyl sites for hydroxylation is 1. The van der Waals surface area contributed by atoms with Crippen molar-refractivity contribution in [3.8, 4) is 11.5 Å². The number of nitrogens with zero attached hydrogens (tertiary/aromatic N) is 2. The molecule has 0 aromatic heterocycles. The zero-order valence-corrected chi connectivity index (χ0v) is 19.2. The molecule has 8 nitrogen and oxygen atoms in total. The van der Waals surface area contributed by atoms with Crippen LogP contribution >= 0.6 is 0 Å². The second-order valence-electron chi connectivity index (χ2n) is 6.78. The van der Waals surface area contributed by atoms with Crippen LogP contribution in [-0.4, -0.2) is 51.9 Å². The maximum absolute atomic E-state index is 13.4. The Morgan fingerprint density at radius 2 is 1.68 bits per heavy atom. The van der Waals surface area contributed by atoms with Gasteiger partial charge in [-0.15, -0.1) is 0 Å². The molecule has 0 saturated heterocycles. The molecular weight excluding hydrogens is 420 g/mol. The number of hydrogen-bond acceptors (Lipinski definition) is 7. The van der Waals surface area contributed by atoms with Gasteiger partial charge in [-0.2, -0.15) is 17.9 Å². The van der Waals surface area contributed by atoms with Crippen LogP contribution in [0.3, 0.4) is 0 Å². The summed E-state index contributed by atoms with van der Waals surface area (Å²) in [5.74, 6) is 0.453. The molecule has 0 radical (unpaired) electrons. The van der Waals surface area contributed by atoms with Crippen molar-refractivity contribution in [2.24, 2.45) is 5.10 Å². The number of hydrogen-bond donors (Lipinski definition) is 0. The maximum atomic E-state index is 13.4. The molecule has 0 saturated carbocycles. The van der Waals surface area contributed by atoms with Gasteiger partial charge >= 0.3 is 5.97 Å². The van der Waals surface area contributed by atoms with Gasteiger partial charge in [-0.1, -0.05) is 30.7 Å². The minimum Gasteiger partial charge on any atom is -0.496 e. The van der Waals surface area contributed by atoms with Crippen molar-refractivity contribution in [1.82, 2.24) is 4.41 Å². The number of sulfonamides is 1. The molecule has 1 unspecified atom stereocenters. The van der Waals surface area contributed by atoms with Gasteiger partial charge in [0, 0.05) is 6.92 Å². The quantitative estimate of drug-likeness (QED) is 0.314. The molecule has 0 fully saturated rings. The molecule has 168 valence electrons. The summed E-state index contributed by atoms with van der Waals surface area (Å²) in [7, 11) is -1.02. The Kier molecular flexibility index (Phi) is 8.44. The van der Waals surface area contributed by atoms with E-state index in [0.29, 0.717) is 23.5 Å². The summed E-state index contributed by atoms with van der Waals surface area (Å²) in [6, 6.07) is 11.0. The first-order chi connectivity index (χ1) is 14.7. The fourth-order valence-electron chi connectivity index (χ4n) is 2.84. The molecule has 0 aliphatic rings. The zero-order valence-electron chi connectivity index (χ0n) is 18.4. The van der Waals surface area contributed by atoms with Crippen molar-refractivity contribution >= 4 is 22.2 Å². The van der Waals surface area contributed by atoms with Crippen LogP contribution in [0.1, 0.15) is 31.4 Å². The lowest BCUT2D eigenvalue weighted by Crippen LogP contribution is -2.39. The molecular formula is C22H28N2O6S. The van der Waals surface area contributed by atoms with Crippen LogP contribution in [0.15, 0.2) is 52.5 Å². The highest BCUT2D eigenvalue weighted by Gasteiger charge is 2.30. The number of carbonyl (C=O) groups is 1. The Bertz CT molecular complexity index is 997. The summed E-state index contributed by atoms with van der Waals surface area (Å²) in [6.45, 7) is 4.81. The van der Waals surface area contributed by atoms with Crippen LogP contribution in [0.5, 0.6) is 11.5 Å². The topological polar surface area (TPSA) is 94.5 Å². The molecule has 0 aliphatic heterocycles. The zero-order chi connectivity index (χ0) is 23.0. The Balaban J connectivity index is 2.56. The van der Waals surface area contributed by atoms with E-state index >= 15 is 0 Å². The van der Waals surface area contributed by atoms with E-state index in [-0.39, 0.29) is 11.5 Å². The highest BCUT2D eigenvalue weighted by Crippen LogP contribution is 2.27. The third-order valence-corrected chi connectivity index (χ3v) is 6.35. The van der Waals surface area contributed by atoms with E-state index in [4.69, 9.17) is 14.2 Å². The Morgan fingerprint density at radius 1 is 1.10 bits per heavy atom. The monoisotopic (exact) mass is 448 g/mol. The second-order valence-corrected chi connectivity index (χ2v) is 8.57. The van der Waals surface area contributed by atoms with Crippen LogP contribution in [0.25, 0.3) is 0 Å². The molecule has 0 aliphatic carbocycles. The first-order valence-electron chi connectivity index (χ1n) is 9.74. The summed E-state index contributed by atoms with van der Waals surface area (Å²) in [4.78, 5) is 11.4. The molecule has 0 N–H and O–H groups in total. The Morgan fingerprint density at radius 3 is 2.16 bits per heavy atom. The van der Waals surface area contributed by atoms with Gasteiger partial charge in [0.2, 0.25) is 0 Å². The van der Waals surface area contributed by atoms with E-state index in [0.717, 1.165) is 9.98 Å². The molecule has 0 spiro atoms. The minimum absolute atomic E-state index is 0.0866. The molecule has 31 heavy (non-hydrogen) atoms. The van der Waals surface area contributed by atoms with Gasteiger partial charge in [0.05, 0.1) is 36.9 Å². The predicted octanol–water partition coefficient (Wildman–Crippen LogP) is 3.38. The van der Waals surface area contributed by atoms with Crippen LogP contribution in [0, 0.1) is 6.92 Å². The normalized spacial score (nSPS) is 12.4. The number of benzene rings is 2. The average molecular weight is 449 g/mol. The number of rotatable bonds is 10. The first-order valence-corrected chi connectivity index (χ1v) is 11.2. The largest absolute Gasteiger partial charge is 0.496 e. The lowest BCUT2D eigenvalue weighted by atomic mass is 10.2. The second kappa shape index (κ2) is 10.8. The summed E-state index contributed by atoms with van der Waals surface area (Å²) in [5.41, 5.74) is 1.42. The Hall–Kier alpha value is -3.07. The summed E-state index contributed by atoms with van der Waals surface area (Å²) in [5, 5.41) is 4.30. The van der Waals surface area contributed by atoms with Crippen LogP contribution in [0.4, 0.5) is 0 Å². The van der Waals surface area contributed by atoms with E-state index in [1.807, 2.05) is 6.92 Å². The summed E-state index contributed by atoms with van der Waals surface area (Å²) >= 11 is 0. The Labute approximate surface area is 183 Å². The number of ether oxygens (including phenoxy) is 3. The molecule has 2 rings (SSSR count). The number of methoxy groups -OCH3 is 2. The standard InChI is InChI=1S/C22H28N2O6S/c1-6-18(15-30-17(3)25)24(31(26,27)19-12-10-16(2)11-13-19)23-14-20-21(28-4)8-7-9-22(20)29-5/h7-14,18H,6,15H2,1-5H3/b23-14+. The first kappa shape index (κ1) is 24.2. The fraction of sp³-hybridized carbons (Fsp3) is 0.364. The number of carbonyl (C=O) groups excluding carboxylic acids is 1. The molecule has 2 aromatic rings. The van der Waals surface area contributed by atoms with E-state index in [9.17, 15) is 13.2 Å². The van der Waals surface area contributed by atoms with Gasteiger partial charge < -0.3 is 14.2 Å². The number of hydrazone groups is 1. The summed E-state index contributed by atoms with van der Waals surface area (Å²) < 4.78 is 43.7. The molecule has 1 atom stereocenters. The third kappa shape index (κ3) is 5.97. The number of esters is 1. The van der Waals surface area contributed by atoms with E-state index in [1.54, 1.807) is 37.3 Å². The van der Waals surface area contributed by atoms with Crippen LogP contribution in [0.2, 0.25) is 0 Å². The van der Waals surface area contributed by atoms with Gasteiger partial charge in [0.25, 0.3) is 10.0 Å². The van der Waals surface area contributed by atoms with Crippen LogP contribution < -0.4 is 9.47 Å². The van der Waals surface area contributed by atoms with Gasteiger partial charge in [-0.3, -0.25) is 4.79 Å². The third-order valence-electron chi connectivity index (χ3n) is 4.59. The average Bonchev–Trinajstić information content (AvgIpc) is 2.75. The van der Waals surface area contributed by atoms with Crippen molar-refractivity contribution in [2.45, 2.75) is 38.1 Å². The molecule has 0 heterocycles. The predicted molar refractivity (Wildman–Crippen MR) is 118 cm³/mol. The van der Waals surface area contributed by atoms with Crippen molar-refractivity contribution < 1.29 is 27.4 Å². The lowest BCUT2D eigenvalue weighted by molar-refractivity contribution is -0.142. The van der Waals surface area contributed by atoms with Crippen molar-refractivity contribution in [1.29, 1.82) is 0 Å². The highest BCUT2D eigenvalue weighted by molar-refractivity contribution is 7.89. The maximum Gasteiger partial charge on any atom is 0.302 e. The molecule has 0 bridgehead atoms. The van der Waals surface area contributed by atoms with Gasteiger partial charge in [-0.25, -0.2) is 0 Å². The minimum atomic E-state index is -4.02. The molecule has 2 aromatic carbocycles. The van der Waals surface area contributed by atoms with Gasteiger partial charge in [-0.05, 0) is 37.6 Å². The van der Waals surface area contributed by atoms with Gasteiger partial charge in [0.15, 0.2) is 0 Å². The van der Waals surface area contributed by atoms with E-state index < -0.39 is 22.0 Å². The smallest absolute Gasteiger partial charge is 0.302 e. The van der Waals surface area contributed by atoms with Crippen molar-refractivity contribution in [3.63, 3.8) is 0 Å². The highest BCUT2D eigenvalue weighted by atomic mass is 32.2. The van der Waals surface area contributed by atoms with E-state index in [1.165, 1.54) is 39.5 Å². The van der Waals surface area contributed by atoms with Crippen molar-refractivity contribution in [2.75, 3.05) is 20.8 Å². The van der Waals surface area contributed by atoms with Crippen molar-refractivity contribution in [3.05, 3.63) is 53.6 Å². The van der Waals surface area contributed by atoms with E-state index in [2.05, 4.69) is 5.10 Å². The SMILES string of the molecule is CCC(COC(C)=O)N(/N=C/c1c(OC)cccc1OC)S(=O)(=O)c1ccc(C)cc1. The fourth-order valence-corrected chi connectivity index (χ4v) is 4.31. The van der Waals surface area contributed by atoms with Crippen LogP contribution in [-0.2, 0) is 19.6 Å².